The molecule has 1 aromatic rings. The fourth-order valence-corrected chi connectivity index (χ4v) is 3.33. The second-order valence-electron chi connectivity index (χ2n) is 7.63. The number of hydrogen-bond acceptors (Lipinski definition) is 3. The number of benzene rings is 1. The van der Waals surface area contributed by atoms with Crippen molar-refractivity contribution in [2.75, 3.05) is 32.8 Å². The number of hydrogen-bond donors (Lipinski definition) is 2. The highest BCUT2D eigenvalue weighted by Gasteiger charge is 2.40. The van der Waals surface area contributed by atoms with Crippen LogP contribution in [0.2, 0.25) is 0 Å². The molecule has 0 spiro atoms. The Morgan fingerprint density at radius 2 is 2.08 bits per heavy atom. The summed E-state index contributed by atoms with van der Waals surface area (Å²) in [6.07, 6.45) is 2.53. The summed E-state index contributed by atoms with van der Waals surface area (Å²) >= 11 is 0. The lowest BCUT2D eigenvalue weighted by Gasteiger charge is -2.48. The Morgan fingerprint density at radius 3 is 2.76 bits per heavy atom. The van der Waals surface area contributed by atoms with Crippen molar-refractivity contribution < 1.29 is 13.9 Å². The maximum absolute atomic E-state index is 13.2. The molecule has 1 atom stereocenters. The quantitative estimate of drug-likeness (QED) is 0.777. The summed E-state index contributed by atoms with van der Waals surface area (Å²) < 4.78 is 18.8. The molecule has 1 saturated carbocycles. The highest BCUT2D eigenvalue weighted by molar-refractivity contribution is 5.76. The zero-order chi connectivity index (χ0) is 17.9. The molecule has 0 bridgehead atoms. The fraction of sp³-hybridized carbons (Fsp3) is 0.632. The van der Waals surface area contributed by atoms with E-state index in [1.54, 1.807) is 12.1 Å². The molecular weight excluding hydrogens is 321 g/mol. The number of rotatable bonds is 6. The van der Waals surface area contributed by atoms with Gasteiger partial charge in [-0.1, -0.05) is 12.1 Å². The third kappa shape index (κ3) is 4.70. The van der Waals surface area contributed by atoms with E-state index in [1.165, 1.54) is 25.0 Å². The van der Waals surface area contributed by atoms with Gasteiger partial charge in [-0.25, -0.2) is 9.18 Å². The van der Waals surface area contributed by atoms with Crippen LogP contribution in [0.15, 0.2) is 24.3 Å². The van der Waals surface area contributed by atoms with E-state index in [0.29, 0.717) is 19.7 Å². The van der Waals surface area contributed by atoms with Gasteiger partial charge in [0.25, 0.3) is 0 Å². The Hall–Kier alpha value is -1.66. The van der Waals surface area contributed by atoms with Gasteiger partial charge >= 0.3 is 6.03 Å². The molecule has 2 aliphatic rings. The normalized spacial score (nSPS) is 22.7. The third-order valence-corrected chi connectivity index (χ3v) is 4.91. The standard InChI is InChI=1S/C19H28FN3O2/c1-19(2)13-21-11-17(15-5-7-16(20)8-6-15)23(19)18(24)22-9-10-25-12-14-3-4-14/h5-8,14,17,21H,3-4,9-13H2,1-2H3,(H,22,24). The van der Waals surface area contributed by atoms with Gasteiger partial charge in [0.05, 0.1) is 18.2 Å². The first-order valence-electron chi connectivity index (χ1n) is 9.08. The molecule has 2 amide bonds. The Labute approximate surface area is 148 Å². The van der Waals surface area contributed by atoms with E-state index in [1.807, 2.05) is 18.7 Å². The Balaban J connectivity index is 1.62. The number of carbonyl (C=O) groups excluding carboxylic acids is 1. The molecule has 3 rings (SSSR count). The number of nitrogens with zero attached hydrogens (tertiary/aromatic N) is 1. The average molecular weight is 349 g/mol. The maximum atomic E-state index is 13.2. The van der Waals surface area contributed by atoms with Crippen molar-refractivity contribution in [3.8, 4) is 0 Å². The van der Waals surface area contributed by atoms with E-state index in [0.717, 1.165) is 24.6 Å². The van der Waals surface area contributed by atoms with Crippen molar-refractivity contribution in [3.63, 3.8) is 0 Å². The molecule has 138 valence electrons. The van der Waals surface area contributed by atoms with E-state index < -0.39 is 0 Å². The van der Waals surface area contributed by atoms with Crippen molar-refractivity contribution in [1.82, 2.24) is 15.5 Å². The topological polar surface area (TPSA) is 53.6 Å². The van der Waals surface area contributed by atoms with Crippen molar-refractivity contribution >= 4 is 6.03 Å². The van der Waals surface area contributed by atoms with Gasteiger partial charge in [-0.2, -0.15) is 0 Å². The zero-order valence-electron chi connectivity index (χ0n) is 15.1. The summed E-state index contributed by atoms with van der Waals surface area (Å²) in [6, 6.07) is 6.16. The molecule has 1 unspecified atom stereocenters. The van der Waals surface area contributed by atoms with Crippen LogP contribution in [0, 0.1) is 11.7 Å². The molecular formula is C19H28FN3O2. The highest BCUT2D eigenvalue weighted by atomic mass is 19.1. The number of carbonyl (C=O) groups is 1. The van der Waals surface area contributed by atoms with Crippen LogP contribution in [0.25, 0.3) is 0 Å². The van der Waals surface area contributed by atoms with Crippen LogP contribution in [0.4, 0.5) is 9.18 Å². The Bertz CT molecular complexity index is 587. The zero-order valence-corrected chi connectivity index (χ0v) is 15.1. The largest absolute Gasteiger partial charge is 0.379 e. The molecule has 1 aliphatic heterocycles. The molecule has 25 heavy (non-hydrogen) atoms. The third-order valence-electron chi connectivity index (χ3n) is 4.91. The predicted octanol–water partition coefficient (Wildman–Crippen LogP) is 2.69. The van der Waals surface area contributed by atoms with Gasteiger partial charge in [-0.3, -0.25) is 0 Å². The molecule has 1 aliphatic carbocycles. The molecule has 2 N–H and O–H groups in total. The first-order chi connectivity index (χ1) is 12.0. The highest BCUT2D eigenvalue weighted by Crippen LogP contribution is 2.31. The molecule has 6 heteroatoms. The summed E-state index contributed by atoms with van der Waals surface area (Å²) in [5.74, 6) is 0.459. The van der Waals surface area contributed by atoms with E-state index in [-0.39, 0.29) is 23.4 Å². The Morgan fingerprint density at radius 1 is 1.36 bits per heavy atom. The van der Waals surface area contributed by atoms with Crippen molar-refractivity contribution in [3.05, 3.63) is 35.6 Å². The van der Waals surface area contributed by atoms with Crippen LogP contribution in [-0.4, -0.2) is 49.3 Å². The van der Waals surface area contributed by atoms with Crippen LogP contribution >= 0.6 is 0 Å². The number of amides is 2. The molecule has 5 nitrogen and oxygen atoms in total. The van der Waals surface area contributed by atoms with Crippen LogP contribution in [-0.2, 0) is 4.74 Å². The molecule has 1 aromatic carbocycles. The van der Waals surface area contributed by atoms with Gasteiger partial charge in [0.15, 0.2) is 0 Å². The summed E-state index contributed by atoms with van der Waals surface area (Å²) in [5, 5.41) is 6.35. The van der Waals surface area contributed by atoms with E-state index in [4.69, 9.17) is 4.74 Å². The second kappa shape index (κ2) is 7.70. The lowest BCUT2D eigenvalue weighted by molar-refractivity contribution is 0.0663. The van der Waals surface area contributed by atoms with Gasteiger partial charge in [-0.15, -0.1) is 0 Å². The molecule has 1 saturated heterocycles. The van der Waals surface area contributed by atoms with E-state index in [2.05, 4.69) is 10.6 Å². The number of halogens is 1. The molecule has 1 heterocycles. The van der Waals surface area contributed by atoms with E-state index >= 15 is 0 Å². The smallest absolute Gasteiger partial charge is 0.318 e. The molecule has 2 fully saturated rings. The molecule has 0 aromatic heterocycles. The fourth-order valence-electron chi connectivity index (χ4n) is 3.33. The first-order valence-corrected chi connectivity index (χ1v) is 9.08. The minimum atomic E-state index is -0.337. The van der Waals surface area contributed by atoms with Crippen LogP contribution in [0.1, 0.15) is 38.3 Å². The minimum Gasteiger partial charge on any atom is -0.379 e. The molecule has 0 radical (unpaired) electrons. The first kappa shape index (κ1) is 18.1. The maximum Gasteiger partial charge on any atom is 0.318 e. The van der Waals surface area contributed by atoms with E-state index in [9.17, 15) is 9.18 Å². The van der Waals surface area contributed by atoms with Gasteiger partial charge in [0, 0.05) is 26.2 Å². The second-order valence-corrected chi connectivity index (χ2v) is 7.63. The van der Waals surface area contributed by atoms with Gasteiger partial charge in [-0.05, 0) is 50.3 Å². The Kier molecular flexibility index (Phi) is 5.59. The van der Waals surface area contributed by atoms with Gasteiger partial charge in [0.1, 0.15) is 5.82 Å². The monoisotopic (exact) mass is 349 g/mol. The SMILES string of the molecule is CC1(C)CNCC(c2ccc(F)cc2)N1C(=O)NCCOCC1CC1. The number of urea groups is 1. The van der Waals surface area contributed by atoms with Crippen LogP contribution in [0.3, 0.4) is 0 Å². The lowest BCUT2D eigenvalue weighted by Crippen LogP contribution is -2.63. The summed E-state index contributed by atoms with van der Waals surface area (Å²) in [4.78, 5) is 14.7. The number of nitrogens with one attached hydrogen (secondary N) is 2. The number of piperazine rings is 1. The van der Waals surface area contributed by atoms with Gasteiger partial charge in [0.2, 0.25) is 0 Å². The van der Waals surface area contributed by atoms with Crippen molar-refractivity contribution in [2.24, 2.45) is 5.92 Å². The van der Waals surface area contributed by atoms with Crippen molar-refractivity contribution in [1.29, 1.82) is 0 Å². The van der Waals surface area contributed by atoms with Crippen LogP contribution in [0.5, 0.6) is 0 Å². The summed E-state index contributed by atoms with van der Waals surface area (Å²) in [7, 11) is 0. The average Bonchev–Trinajstić information content (AvgIpc) is 3.38. The van der Waals surface area contributed by atoms with Crippen molar-refractivity contribution in [2.45, 2.75) is 38.3 Å². The predicted molar refractivity (Wildman–Crippen MR) is 94.9 cm³/mol. The minimum absolute atomic E-state index is 0.101. The van der Waals surface area contributed by atoms with Crippen LogP contribution < -0.4 is 10.6 Å². The summed E-state index contributed by atoms with van der Waals surface area (Å²) in [5.41, 5.74) is 0.595. The lowest BCUT2D eigenvalue weighted by atomic mass is 9.93. The van der Waals surface area contributed by atoms with Gasteiger partial charge < -0.3 is 20.3 Å². The summed E-state index contributed by atoms with van der Waals surface area (Å²) in [6.45, 7) is 7.29. The number of ether oxygens (including phenoxy) is 1.